The van der Waals surface area contributed by atoms with E-state index in [1.54, 1.807) is 12.4 Å². The molecule has 0 amide bonds. The minimum absolute atomic E-state index is 0.922. The van der Waals surface area contributed by atoms with Gasteiger partial charge in [0.05, 0.1) is 11.7 Å². The van der Waals surface area contributed by atoms with Crippen molar-refractivity contribution in [1.29, 1.82) is 0 Å². The Hall–Kier alpha value is -1.90. The van der Waals surface area contributed by atoms with Crippen LogP contribution in [0.25, 0.3) is 21.9 Å². The van der Waals surface area contributed by atoms with Crippen LogP contribution in [0, 0.1) is 0 Å². The summed E-state index contributed by atoms with van der Waals surface area (Å²) in [4.78, 5) is 11.5. The fraction of sp³-hybridized carbons (Fsp3) is 0.286. The lowest BCUT2D eigenvalue weighted by molar-refractivity contribution is 1.32. The Balaban J connectivity index is 0.000000330. The van der Waals surface area contributed by atoms with E-state index in [2.05, 4.69) is 21.0 Å². The Kier molecular flexibility index (Phi) is 5.14. The maximum Gasteiger partial charge on any atom is 0.138 e. The van der Waals surface area contributed by atoms with E-state index in [4.69, 9.17) is 0 Å². The molecular formula is C14H19N3. The maximum absolute atomic E-state index is 4.24. The molecule has 0 bridgehead atoms. The zero-order valence-electron chi connectivity index (χ0n) is 10.9. The molecule has 17 heavy (non-hydrogen) atoms. The Morgan fingerprint density at radius 1 is 0.941 bits per heavy atom. The van der Waals surface area contributed by atoms with Gasteiger partial charge in [-0.05, 0) is 18.2 Å². The van der Waals surface area contributed by atoms with Crippen molar-refractivity contribution in [1.82, 2.24) is 15.0 Å². The normalized spacial score (nSPS) is 9.18. The summed E-state index contributed by atoms with van der Waals surface area (Å²) < 4.78 is 0. The molecule has 0 spiro atoms. The predicted molar refractivity (Wildman–Crippen MR) is 74.1 cm³/mol. The molecule has 3 aromatic heterocycles. The van der Waals surface area contributed by atoms with E-state index in [9.17, 15) is 0 Å². The Morgan fingerprint density at radius 3 is 2.47 bits per heavy atom. The van der Waals surface area contributed by atoms with Gasteiger partial charge in [0.15, 0.2) is 0 Å². The van der Waals surface area contributed by atoms with E-state index < -0.39 is 0 Å². The number of hydrogen-bond donors (Lipinski definition) is 1. The van der Waals surface area contributed by atoms with Gasteiger partial charge >= 0.3 is 0 Å². The van der Waals surface area contributed by atoms with Gasteiger partial charge in [-0.3, -0.25) is 4.98 Å². The van der Waals surface area contributed by atoms with Crippen molar-refractivity contribution in [2.75, 3.05) is 0 Å². The average Bonchev–Trinajstić information content (AvgIpc) is 2.82. The first-order chi connectivity index (χ1) is 8.45. The number of fused-ring (bicyclic) bond motifs is 3. The smallest absolute Gasteiger partial charge is 0.138 e. The minimum Gasteiger partial charge on any atom is -0.338 e. The fourth-order valence-electron chi connectivity index (χ4n) is 1.58. The summed E-state index contributed by atoms with van der Waals surface area (Å²) in [5.74, 6) is 0. The van der Waals surface area contributed by atoms with Gasteiger partial charge in [-0.2, -0.15) is 0 Å². The van der Waals surface area contributed by atoms with Gasteiger partial charge in [0.25, 0.3) is 0 Å². The van der Waals surface area contributed by atoms with Crippen LogP contribution in [0.4, 0.5) is 0 Å². The molecular weight excluding hydrogens is 210 g/mol. The molecule has 3 nitrogen and oxygen atoms in total. The van der Waals surface area contributed by atoms with Gasteiger partial charge in [-0.25, -0.2) is 4.98 Å². The van der Waals surface area contributed by atoms with Gasteiger partial charge in [0, 0.05) is 23.2 Å². The molecule has 90 valence electrons. The predicted octanol–water partition coefficient (Wildman–Crippen LogP) is 4.16. The lowest BCUT2D eigenvalue weighted by Gasteiger charge is -1.86. The summed E-state index contributed by atoms with van der Waals surface area (Å²) in [6.45, 7) is 8.00. The molecule has 0 saturated heterocycles. The highest BCUT2D eigenvalue weighted by Crippen LogP contribution is 2.21. The van der Waals surface area contributed by atoms with Gasteiger partial charge < -0.3 is 4.98 Å². The molecule has 3 aromatic rings. The Labute approximate surface area is 102 Å². The number of aromatic amines is 1. The second-order valence-corrected chi connectivity index (χ2v) is 2.95. The number of nitrogens with one attached hydrogen (secondary N) is 1. The van der Waals surface area contributed by atoms with Gasteiger partial charge in [-0.1, -0.05) is 27.7 Å². The lowest BCUT2D eigenvalue weighted by atomic mass is 10.2. The quantitative estimate of drug-likeness (QED) is 0.628. The molecule has 0 fully saturated rings. The average molecular weight is 229 g/mol. The van der Waals surface area contributed by atoms with Crippen molar-refractivity contribution in [2.24, 2.45) is 0 Å². The summed E-state index contributed by atoms with van der Waals surface area (Å²) in [5, 5.41) is 2.33. The maximum atomic E-state index is 4.24. The summed E-state index contributed by atoms with van der Waals surface area (Å²) in [6, 6.07) is 5.99. The summed E-state index contributed by atoms with van der Waals surface area (Å²) >= 11 is 0. The summed E-state index contributed by atoms with van der Waals surface area (Å²) in [5.41, 5.74) is 1.96. The van der Waals surface area contributed by atoms with Crippen LogP contribution in [0.1, 0.15) is 27.7 Å². The van der Waals surface area contributed by atoms with Gasteiger partial charge in [0.1, 0.15) is 5.65 Å². The van der Waals surface area contributed by atoms with Gasteiger partial charge in [-0.15, -0.1) is 0 Å². The third-order valence-corrected chi connectivity index (χ3v) is 2.17. The molecule has 0 radical (unpaired) electrons. The molecule has 0 atom stereocenters. The molecule has 0 aliphatic carbocycles. The van der Waals surface area contributed by atoms with Crippen molar-refractivity contribution in [2.45, 2.75) is 27.7 Å². The zero-order chi connectivity index (χ0) is 12.7. The Bertz CT molecular complexity index is 519. The largest absolute Gasteiger partial charge is 0.338 e. The molecule has 0 unspecified atom stereocenters. The van der Waals surface area contributed by atoms with Crippen molar-refractivity contribution in [3.05, 3.63) is 36.8 Å². The minimum atomic E-state index is 0.922. The molecule has 1 N–H and O–H groups in total. The molecule has 3 heterocycles. The highest BCUT2D eigenvalue weighted by atomic mass is 14.9. The van der Waals surface area contributed by atoms with E-state index >= 15 is 0 Å². The van der Waals surface area contributed by atoms with Crippen LogP contribution in [0.15, 0.2) is 36.8 Å². The number of H-pyrrole nitrogens is 1. The number of pyridine rings is 2. The third kappa shape index (κ3) is 2.61. The van der Waals surface area contributed by atoms with Crippen molar-refractivity contribution >= 4 is 21.9 Å². The van der Waals surface area contributed by atoms with Crippen LogP contribution in [-0.4, -0.2) is 15.0 Å². The van der Waals surface area contributed by atoms with Crippen LogP contribution in [-0.2, 0) is 0 Å². The first-order valence-corrected chi connectivity index (χ1v) is 6.11. The van der Waals surface area contributed by atoms with E-state index in [1.165, 1.54) is 5.39 Å². The number of rotatable bonds is 0. The van der Waals surface area contributed by atoms with Crippen LogP contribution in [0.2, 0.25) is 0 Å². The molecule has 0 aliphatic heterocycles. The fourth-order valence-corrected chi connectivity index (χ4v) is 1.58. The monoisotopic (exact) mass is 229 g/mol. The zero-order valence-corrected chi connectivity index (χ0v) is 10.9. The molecule has 0 aromatic carbocycles. The summed E-state index contributed by atoms with van der Waals surface area (Å²) in [7, 11) is 0. The topological polar surface area (TPSA) is 41.6 Å². The number of aromatic nitrogens is 3. The van der Waals surface area contributed by atoms with Crippen molar-refractivity contribution in [3.63, 3.8) is 0 Å². The third-order valence-electron chi connectivity index (χ3n) is 2.17. The molecule has 0 saturated carbocycles. The van der Waals surface area contributed by atoms with E-state index in [0.717, 1.165) is 16.6 Å². The molecule has 3 rings (SSSR count). The molecule has 3 heteroatoms. The first-order valence-electron chi connectivity index (χ1n) is 6.11. The number of hydrogen-bond acceptors (Lipinski definition) is 2. The second-order valence-electron chi connectivity index (χ2n) is 2.95. The number of nitrogens with zero attached hydrogens (tertiary/aromatic N) is 2. The highest BCUT2D eigenvalue weighted by Gasteiger charge is 2.02. The van der Waals surface area contributed by atoms with E-state index in [-0.39, 0.29) is 0 Å². The van der Waals surface area contributed by atoms with Crippen LogP contribution in [0.3, 0.4) is 0 Å². The van der Waals surface area contributed by atoms with Crippen molar-refractivity contribution < 1.29 is 0 Å². The Morgan fingerprint density at radius 2 is 1.71 bits per heavy atom. The summed E-state index contributed by atoms with van der Waals surface area (Å²) in [6.07, 6.45) is 5.39. The standard InChI is InChI=1S/C10H7N3.2C2H6/c1-2-8-7-3-5-11-6-9(7)13-10(8)12-4-1;2*1-2/h1-6H,(H,12,13);2*1-2H3. The van der Waals surface area contributed by atoms with Crippen molar-refractivity contribution in [3.8, 4) is 0 Å². The van der Waals surface area contributed by atoms with Crippen LogP contribution >= 0.6 is 0 Å². The molecule has 0 aliphatic rings. The van der Waals surface area contributed by atoms with Crippen LogP contribution in [0.5, 0.6) is 0 Å². The SMILES string of the molecule is CC.CC.c1cnc2[nH]c3cnccc3c2c1. The highest BCUT2D eigenvalue weighted by molar-refractivity contribution is 6.05. The van der Waals surface area contributed by atoms with Crippen LogP contribution < -0.4 is 0 Å². The van der Waals surface area contributed by atoms with E-state index in [1.807, 2.05) is 46.0 Å². The second kappa shape index (κ2) is 6.63. The van der Waals surface area contributed by atoms with E-state index in [0.29, 0.717) is 0 Å². The first kappa shape index (κ1) is 13.2. The van der Waals surface area contributed by atoms with Gasteiger partial charge in [0.2, 0.25) is 0 Å². The lowest BCUT2D eigenvalue weighted by Crippen LogP contribution is -1.71.